The average molecular weight is 341 g/mol. The SMILES string of the molecule is C=C(C)COc1ccccc1C(=O)Nc1cccc(OCCOC)c1. The number of rotatable bonds is 9. The fraction of sp³-hybridized carbons (Fsp3) is 0.250. The fourth-order valence-electron chi connectivity index (χ4n) is 2.09. The zero-order chi connectivity index (χ0) is 18.1. The van der Waals surface area contributed by atoms with Crippen molar-refractivity contribution in [1.29, 1.82) is 0 Å². The largest absolute Gasteiger partial charge is 0.491 e. The van der Waals surface area contributed by atoms with E-state index in [1.54, 1.807) is 37.4 Å². The molecule has 2 aromatic rings. The minimum Gasteiger partial charge on any atom is -0.491 e. The van der Waals surface area contributed by atoms with Gasteiger partial charge >= 0.3 is 0 Å². The maximum absolute atomic E-state index is 12.6. The van der Waals surface area contributed by atoms with Crippen molar-refractivity contribution >= 4 is 11.6 Å². The summed E-state index contributed by atoms with van der Waals surface area (Å²) in [6.45, 7) is 7.00. The maximum Gasteiger partial charge on any atom is 0.259 e. The van der Waals surface area contributed by atoms with E-state index in [-0.39, 0.29) is 5.91 Å². The summed E-state index contributed by atoms with van der Waals surface area (Å²) in [5, 5.41) is 2.86. The zero-order valence-electron chi connectivity index (χ0n) is 14.6. The van der Waals surface area contributed by atoms with E-state index in [4.69, 9.17) is 14.2 Å². The minimum atomic E-state index is -0.244. The number of hydrogen-bond donors (Lipinski definition) is 1. The van der Waals surface area contributed by atoms with Gasteiger partial charge in [-0.05, 0) is 36.8 Å². The molecule has 0 atom stereocenters. The van der Waals surface area contributed by atoms with Gasteiger partial charge in [-0.15, -0.1) is 0 Å². The summed E-state index contributed by atoms with van der Waals surface area (Å²) < 4.78 is 16.2. The van der Waals surface area contributed by atoms with Crippen LogP contribution < -0.4 is 14.8 Å². The second kappa shape index (κ2) is 9.49. The molecular formula is C20H23NO4. The molecule has 1 amide bonds. The highest BCUT2D eigenvalue weighted by Crippen LogP contribution is 2.22. The molecule has 2 aromatic carbocycles. The standard InChI is InChI=1S/C20H23NO4/c1-15(2)14-25-19-10-5-4-9-18(19)20(22)21-16-7-6-8-17(13-16)24-12-11-23-3/h4-10,13H,1,11-12,14H2,2-3H3,(H,21,22). The van der Waals surface area contributed by atoms with Gasteiger partial charge in [-0.2, -0.15) is 0 Å². The van der Waals surface area contributed by atoms with Crippen molar-refractivity contribution in [1.82, 2.24) is 0 Å². The molecule has 0 fully saturated rings. The Bertz CT molecular complexity index is 727. The molecule has 0 bridgehead atoms. The lowest BCUT2D eigenvalue weighted by molar-refractivity contribution is 0.102. The van der Waals surface area contributed by atoms with Gasteiger partial charge in [-0.1, -0.05) is 24.8 Å². The van der Waals surface area contributed by atoms with Crippen molar-refractivity contribution in [3.8, 4) is 11.5 Å². The summed E-state index contributed by atoms with van der Waals surface area (Å²) >= 11 is 0. The van der Waals surface area contributed by atoms with Crippen LogP contribution in [-0.2, 0) is 4.74 Å². The van der Waals surface area contributed by atoms with Crippen LogP contribution in [0.15, 0.2) is 60.7 Å². The topological polar surface area (TPSA) is 56.8 Å². The van der Waals surface area contributed by atoms with Crippen LogP contribution in [0.1, 0.15) is 17.3 Å². The Hall–Kier alpha value is -2.79. The Balaban J connectivity index is 2.07. The molecule has 132 valence electrons. The molecule has 25 heavy (non-hydrogen) atoms. The van der Waals surface area contributed by atoms with E-state index in [0.29, 0.717) is 42.6 Å². The third kappa shape index (κ3) is 5.97. The van der Waals surface area contributed by atoms with Crippen LogP contribution in [-0.4, -0.2) is 32.8 Å². The third-order valence-electron chi connectivity index (χ3n) is 3.25. The van der Waals surface area contributed by atoms with Gasteiger partial charge in [0.25, 0.3) is 5.91 Å². The second-order valence-electron chi connectivity index (χ2n) is 5.57. The molecule has 5 heteroatoms. The number of ether oxygens (including phenoxy) is 3. The van der Waals surface area contributed by atoms with Crippen LogP contribution in [0.4, 0.5) is 5.69 Å². The molecule has 0 heterocycles. The van der Waals surface area contributed by atoms with Crippen molar-refractivity contribution in [2.45, 2.75) is 6.92 Å². The Labute approximate surface area is 148 Å². The Morgan fingerprint density at radius 2 is 1.88 bits per heavy atom. The summed E-state index contributed by atoms with van der Waals surface area (Å²) in [6.07, 6.45) is 0. The van der Waals surface area contributed by atoms with E-state index in [0.717, 1.165) is 5.57 Å². The predicted octanol–water partition coefficient (Wildman–Crippen LogP) is 3.92. The minimum absolute atomic E-state index is 0.244. The van der Waals surface area contributed by atoms with Gasteiger partial charge in [0, 0.05) is 18.9 Å². The highest BCUT2D eigenvalue weighted by molar-refractivity contribution is 6.06. The molecule has 0 aliphatic heterocycles. The van der Waals surface area contributed by atoms with Crippen LogP contribution in [0.5, 0.6) is 11.5 Å². The van der Waals surface area contributed by atoms with Crippen LogP contribution in [0, 0.1) is 0 Å². The number of hydrogen-bond acceptors (Lipinski definition) is 4. The molecule has 0 aliphatic carbocycles. The van der Waals surface area contributed by atoms with Gasteiger partial charge in [0.1, 0.15) is 24.7 Å². The molecular weight excluding hydrogens is 318 g/mol. The van der Waals surface area contributed by atoms with Gasteiger partial charge in [0.05, 0.1) is 12.2 Å². The fourth-order valence-corrected chi connectivity index (χ4v) is 2.09. The molecule has 0 saturated heterocycles. The number of methoxy groups -OCH3 is 1. The lowest BCUT2D eigenvalue weighted by Crippen LogP contribution is -2.14. The van der Waals surface area contributed by atoms with Gasteiger partial charge in [0.2, 0.25) is 0 Å². The van der Waals surface area contributed by atoms with E-state index in [9.17, 15) is 4.79 Å². The third-order valence-corrected chi connectivity index (χ3v) is 3.25. The van der Waals surface area contributed by atoms with Gasteiger partial charge in [-0.25, -0.2) is 0 Å². The Morgan fingerprint density at radius 1 is 1.08 bits per heavy atom. The quantitative estimate of drug-likeness (QED) is 0.555. The van der Waals surface area contributed by atoms with Crippen LogP contribution in [0.25, 0.3) is 0 Å². The molecule has 0 aliphatic rings. The molecule has 2 rings (SSSR count). The highest BCUT2D eigenvalue weighted by atomic mass is 16.5. The first-order valence-corrected chi connectivity index (χ1v) is 7.99. The number of amides is 1. The molecule has 0 aromatic heterocycles. The summed E-state index contributed by atoms with van der Waals surface area (Å²) in [5.74, 6) is 0.948. The average Bonchev–Trinajstić information content (AvgIpc) is 2.61. The monoisotopic (exact) mass is 341 g/mol. The molecule has 0 unspecified atom stereocenters. The van der Waals surface area contributed by atoms with Crippen LogP contribution in [0.2, 0.25) is 0 Å². The summed E-state index contributed by atoms with van der Waals surface area (Å²) in [6, 6.07) is 14.3. The molecule has 5 nitrogen and oxygen atoms in total. The number of nitrogens with one attached hydrogen (secondary N) is 1. The molecule has 0 radical (unpaired) electrons. The van der Waals surface area contributed by atoms with Crippen molar-refractivity contribution in [2.24, 2.45) is 0 Å². The molecule has 1 N–H and O–H groups in total. The van der Waals surface area contributed by atoms with E-state index in [1.807, 2.05) is 25.1 Å². The number of benzene rings is 2. The van der Waals surface area contributed by atoms with Crippen molar-refractivity contribution in [3.05, 3.63) is 66.2 Å². The first-order valence-electron chi connectivity index (χ1n) is 7.99. The maximum atomic E-state index is 12.6. The van der Waals surface area contributed by atoms with Crippen LogP contribution in [0.3, 0.4) is 0 Å². The number of carbonyl (C=O) groups excluding carboxylic acids is 1. The van der Waals surface area contributed by atoms with E-state index >= 15 is 0 Å². The lowest BCUT2D eigenvalue weighted by atomic mass is 10.1. The first-order chi connectivity index (χ1) is 12.1. The lowest BCUT2D eigenvalue weighted by Gasteiger charge is -2.12. The Kier molecular flexibility index (Phi) is 7.04. The predicted molar refractivity (Wildman–Crippen MR) is 98.5 cm³/mol. The summed E-state index contributed by atoms with van der Waals surface area (Å²) in [7, 11) is 1.62. The first kappa shape index (κ1) is 18.5. The summed E-state index contributed by atoms with van der Waals surface area (Å²) in [4.78, 5) is 12.6. The summed E-state index contributed by atoms with van der Waals surface area (Å²) in [5.41, 5.74) is 2.00. The van der Waals surface area contributed by atoms with Gasteiger partial charge < -0.3 is 19.5 Å². The molecule has 0 saturated carbocycles. The number of anilines is 1. The highest BCUT2D eigenvalue weighted by Gasteiger charge is 2.12. The van der Waals surface area contributed by atoms with E-state index < -0.39 is 0 Å². The molecule has 0 spiro atoms. The normalized spacial score (nSPS) is 10.2. The van der Waals surface area contributed by atoms with Crippen LogP contribution >= 0.6 is 0 Å². The Morgan fingerprint density at radius 3 is 2.64 bits per heavy atom. The van der Waals surface area contributed by atoms with Crippen molar-refractivity contribution in [2.75, 3.05) is 32.2 Å². The number of carbonyl (C=O) groups is 1. The number of para-hydroxylation sites is 1. The smallest absolute Gasteiger partial charge is 0.259 e. The zero-order valence-corrected chi connectivity index (χ0v) is 14.6. The van der Waals surface area contributed by atoms with E-state index in [2.05, 4.69) is 11.9 Å². The van der Waals surface area contributed by atoms with Gasteiger partial charge in [-0.3, -0.25) is 4.79 Å². The van der Waals surface area contributed by atoms with Crippen molar-refractivity contribution < 1.29 is 19.0 Å². The van der Waals surface area contributed by atoms with Gasteiger partial charge in [0.15, 0.2) is 0 Å². The second-order valence-corrected chi connectivity index (χ2v) is 5.57. The van der Waals surface area contributed by atoms with E-state index in [1.165, 1.54) is 0 Å². The van der Waals surface area contributed by atoms with Crippen molar-refractivity contribution in [3.63, 3.8) is 0 Å².